The van der Waals surface area contributed by atoms with Crippen molar-refractivity contribution in [2.75, 3.05) is 0 Å². The van der Waals surface area contributed by atoms with E-state index >= 15 is 0 Å². The fourth-order valence-electron chi connectivity index (χ4n) is 1.65. The Morgan fingerprint density at radius 3 is 2.93 bits per heavy atom. The summed E-state index contributed by atoms with van der Waals surface area (Å²) in [7, 11) is 2.01. The molecular formula is C11H16N4. The van der Waals surface area contributed by atoms with E-state index in [2.05, 4.69) is 21.5 Å². The zero-order valence-corrected chi connectivity index (χ0v) is 9.22. The summed E-state index contributed by atoms with van der Waals surface area (Å²) in [4.78, 5) is 8.46. The molecule has 80 valence electrons. The van der Waals surface area contributed by atoms with Crippen molar-refractivity contribution in [3.05, 3.63) is 36.4 Å². The SMILES string of the molecule is CCCc1nccn1Cc1cncn1C. The van der Waals surface area contributed by atoms with Crippen LogP contribution in [0.25, 0.3) is 0 Å². The van der Waals surface area contributed by atoms with Crippen molar-refractivity contribution in [3.63, 3.8) is 0 Å². The second-order valence-electron chi connectivity index (χ2n) is 3.72. The van der Waals surface area contributed by atoms with E-state index in [1.165, 1.54) is 5.69 Å². The fourth-order valence-corrected chi connectivity index (χ4v) is 1.65. The third-order valence-electron chi connectivity index (χ3n) is 2.52. The summed E-state index contributed by atoms with van der Waals surface area (Å²) >= 11 is 0. The lowest BCUT2D eigenvalue weighted by Crippen LogP contribution is -2.07. The van der Waals surface area contributed by atoms with Crippen LogP contribution in [0.3, 0.4) is 0 Å². The van der Waals surface area contributed by atoms with Crippen LogP contribution in [0.4, 0.5) is 0 Å². The van der Waals surface area contributed by atoms with Gasteiger partial charge in [0.1, 0.15) is 5.82 Å². The summed E-state index contributed by atoms with van der Waals surface area (Å²) in [6.45, 7) is 3.02. The van der Waals surface area contributed by atoms with Gasteiger partial charge in [-0.05, 0) is 6.42 Å². The monoisotopic (exact) mass is 204 g/mol. The molecule has 0 N–H and O–H groups in total. The lowest BCUT2D eigenvalue weighted by molar-refractivity contribution is 0.670. The number of aromatic nitrogens is 4. The van der Waals surface area contributed by atoms with Crippen molar-refractivity contribution in [1.29, 1.82) is 0 Å². The van der Waals surface area contributed by atoms with Crippen molar-refractivity contribution in [1.82, 2.24) is 19.1 Å². The summed E-state index contributed by atoms with van der Waals surface area (Å²) in [6.07, 6.45) is 9.77. The van der Waals surface area contributed by atoms with Crippen LogP contribution in [-0.4, -0.2) is 19.1 Å². The van der Waals surface area contributed by atoms with Gasteiger partial charge in [-0.1, -0.05) is 6.92 Å². The maximum Gasteiger partial charge on any atom is 0.108 e. The highest BCUT2D eigenvalue weighted by molar-refractivity contribution is 5.02. The van der Waals surface area contributed by atoms with E-state index < -0.39 is 0 Å². The fraction of sp³-hybridized carbons (Fsp3) is 0.455. The summed E-state index contributed by atoms with van der Waals surface area (Å²) in [5.41, 5.74) is 1.20. The summed E-state index contributed by atoms with van der Waals surface area (Å²) < 4.78 is 4.22. The molecule has 0 aliphatic heterocycles. The first-order valence-electron chi connectivity index (χ1n) is 5.26. The lowest BCUT2D eigenvalue weighted by atomic mass is 10.3. The standard InChI is InChI=1S/C11H16N4/c1-3-4-11-13-5-6-15(11)8-10-7-12-9-14(10)2/h5-7,9H,3-4,8H2,1-2H3. The molecule has 0 atom stereocenters. The molecule has 0 fully saturated rings. The smallest absolute Gasteiger partial charge is 0.108 e. The van der Waals surface area contributed by atoms with Crippen molar-refractivity contribution >= 4 is 0 Å². The molecule has 2 aromatic rings. The predicted octanol–water partition coefficient (Wildman–Crippen LogP) is 1.62. The largest absolute Gasteiger partial charge is 0.336 e. The van der Waals surface area contributed by atoms with Gasteiger partial charge in [0.25, 0.3) is 0 Å². The summed E-state index contributed by atoms with van der Waals surface area (Å²) in [6, 6.07) is 0. The van der Waals surface area contributed by atoms with Crippen LogP contribution < -0.4 is 0 Å². The average molecular weight is 204 g/mol. The van der Waals surface area contributed by atoms with Gasteiger partial charge < -0.3 is 9.13 Å². The van der Waals surface area contributed by atoms with E-state index in [9.17, 15) is 0 Å². The van der Waals surface area contributed by atoms with Crippen molar-refractivity contribution in [2.45, 2.75) is 26.3 Å². The van der Waals surface area contributed by atoms with Crippen LogP contribution in [0.15, 0.2) is 24.9 Å². The third-order valence-corrected chi connectivity index (χ3v) is 2.52. The van der Waals surface area contributed by atoms with E-state index in [1.54, 1.807) is 0 Å². The van der Waals surface area contributed by atoms with Gasteiger partial charge in [0.05, 0.1) is 18.6 Å². The van der Waals surface area contributed by atoms with Crippen LogP contribution in [0, 0.1) is 0 Å². The number of hydrogen-bond acceptors (Lipinski definition) is 2. The summed E-state index contributed by atoms with van der Waals surface area (Å²) in [5.74, 6) is 1.15. The molecular weight excluding hydrogens is 188 g/mol. The molecule has 0 spiro atoms. The summed E-state index contributed by atoms with van der Waals surface area (Å²) in [5, 5.41) is 0. The predicted molar refractivity (Wildman–Crippen MR) is 58.5 cm³/mol. The van der Waals surface area contributed by atoms with Gasteiger partial charge in [-0.25, -0.2) is 9.97 Å². The van der Waals surface area contributed by atoms with Crippen LogP contribution >= 0.6 is 0 Å². The Morgan fingerprint density at radius 1 is 1.40 bits per heavy atom. The maximum absolute atomic E-state index is 4.35. The van der Waals surface area contributed by atoms with Crippen LogP contribution in [0.5, 0.6) is 0 Å². The highest BCUT2D eigenvalue weighted by atomic mass is 15.1. The molecule has 0 radical (unpaired) electrons. The number of rotatable bonds is 4. The topological polar surface area (TPSA) is 35.6 Å². The molecule has 0 aromatic carbocycles. The highest BCUT2D eigenvalue weighted by Gasteiger charge is 2.04. The Balaban J connectivity index is 2.17. The van der Waals surface area contributed by atoms with E-state index in [1.807, 2.05) is 36.5 Å². The van der Waals surface area contributed by atoms with Gasteiger partial charge in [-0.3, -0.25) is 0 Å². The molecule has 15 heavy (non-hydrogen) atoms. The number of imidazole rings is 2. The Morgan fingerprint density at radius 2 is 2.27 bits per heavy atom. The van der Waals surface area contributed by atoms with Crippen LogP contribution in [0.1, 0.15) is 24.9 Å². The van der Waals surface area contributed by atoms with Gasteiger partial charge in [-0.2, -0.15) is 0 Å². The molecule has 4 nitrogen and oxygen atoms in total. The van der Waals surface area contributed by atoms with Crippen molar-refractivity contribution in [2.24, 2.45) is 7.05 Å². The van der Waals surface area contributed by atoms with Gasteiger partial charge in [0, 0.05) is 32.1 Å². The highest BCUT2D eigenvalue weighted by Crippen LogP contribution is 2.06. The molecule has 2 heterocycles. The second-order valence-corrected chi connectivity index (χ2v) is 3.72. The molecule has 0 amide bonds. The van der Waals surface area contributed by atoms with E-state index in [-0.39, 0.29) is 0 Å². The normalized spacial score (nSPS) is 10.8. The number of nitrogens with zero attached hydrogens (tertiary/aromatic N) is 4. The zero-order valence-electron chi connectivity index (χ0n) is 9.22. The minimum absolute atomic E-state index is 0.853. The quantitative estimate of drug-likeness (QED) is 0.758. The minimum atomic E-state index is 0.853. The molecule has 2 rings (SSSR count). The van der Waals surface area contributed by atoms with E-state index in [0.717, 1.165) is 25.2 Å². The Bertz CT molecular complexity index is 427. The van der Waals surface area contributed by atoms with Crippen molar-refractivity contribution in [3.8, 4) is 0 Å². The number of hydrogen-bond donors (Lipinski definition) is 0. The number of aryl methyl sites for hydroxylation is 2. The minimum Gasteiger partial charge on any atom is -0.336 e. The van der Waals surface area contributed by atoms with Crippen LogP contribution in [-0.2, 0) is 20.0 Å². The molecule has 0 aliphatic carbocycles. The molecule has 4 heteroatoms. The first kappa shape index (κ1) is 9.96. The van der Waals surface area contributed by atoms with Gasteiger partial charge in [-0.15, -0.1) is 0 Å². The lowest BCUT2D eigenvalue weighted by Gasteiger charge is -2.07. The Labute approximate surface area is 89.6 Å². The van der Waals surface area contributed by atoms with Gasteiger partial charge in [0.15, 0.2) is 0 Å². The van der Waals surface area contributed by atoms with Gasteiger partial charge in [0.2, 0.25) is 0 Å². The first-order valence-corrected chi connectivity index (χ1v) is 5.26. The molecule has 2 aromatic heterocycles. The van der Waals surface area contributed by atoms with E-state index in [0.29, 0.717) is 0 Å². The molecule has 0 bridgehead atoms. The van der Waals surface area contributed by atoms with Gasteiger partial charge >= 0.3 is 0 Å². The third kappa shape index (κ3) is 2.09. The van der Waals surface area contributed by atoms with E-state index in [4.69, 9.17) is 0 Å². The molecule has 0 saturated carbocycles. The molecule has 0 unspecified atom stereocenters. The average Bonchev–Trinajstić information content (AvgIpc) is 2.80. The maximum atomic E-state index is 4.35. The molecule has 0 saturated heterocycles. The van der Waals surface area contributed by atoms with Crippen LogP contribution in [0.2, 0.25) is 0 Å². The zero-order chi connectivity index (χ0) is 10.7. The first-order chi connectivity index (χ1) is 7.31. The Hall–Kier alpha value is -1.58. The van der Waals surface area contributed by atoms with Crippen molar-refractivity contribution < 1.29 is 0 Å². The second kappa shape index (κ2) is 4.29. The molecule has 0 aliphatic rings. The Kier molecular flexibility index (Phi) is 2.85.